The summed E-state index contributed by atoms with van der Waals surface area (Å²) in [6.45, 7) is 2.05. The summed E-state index contributed by atoms with van der Waals surface area (Å²) in [5.41, 5.74) is 1.92. The number of rotatable bonds is 5. The number of anilines is 1. The van der Waals surface area contributed by atoms with Crippen LogP contribution in [-0.2, 0) is 4.79 Å². The summed E-state index contributed by atoms with van der Waals surface area (Å²) in [6, 6.07) is 16.8. The van der Waals surface area contributed by atoms with Crippen molar-refractivity contribution in [1.82, 2.24) is 5.32 Å². The summed E-state index contributed by atoms with van der Waals surface area (Å²) in [7, 11) is 0. The van der Waals surface area contributed by atoms with Crippen LogP contribution in [0.4, 0.5) is 5.69 Å². The van der Waals surface area contributed by atoms with Crippen molar-refractivity contribution < 1.29 is 9.53 Å². The standard InChI is InChI=1S/C22H26N2O2.ClH/c1-15-6-10-19(11-7-15)26-21-5-3-2-4-20(21)24-22(25)14-16-12-17-8-9-18(13-16)23-17;/h2-7,10-11,16-18,23H,8-9,12-14H2,1H3,(H,24,25);1H. The number of nitrogens with one attached hydrogen (secondary N) is 2. The highest BCUT2D eigenvalue weighted by Gasteiger charge is 2.34. The fourth-order valence-electron chi connectivity index (χ4n) is 4.20. The number of ether oxygens (including phenoxy) is 1. The van der Waals surface area contributed by atoms with E-state index in [1.807, 2.05) is 55.5 Å². The van der Waals surface area contributed by atoms with E-state index in [1.54, 1.807) is 0 Å². The van der Waals surface area contributed by atoms with Crippen molar-refractivity contribution in [3.63, 3.8) is 0 Å². The van der Waals surface area contributed by atoms with Crippen LogP contribution in [0.2, 0.25) is 0 Å². The van der Waals surface area contributed by atoms with E-state index in [2.05, 4.69) is 10.6 Å². The van der Waals surface area contributed by atoms with Gasteiger partial charge in [0.05, 0.1) is 5.69 Å². The second kappa shape index (κ2) is 8.77. The fourth-order valence-corrected chi connectivity index (χ4v) is 4.20. The normalized spacial score (nSPS) is 23.4. The third-order valence-electron chi connectivity index (χ3n) is 5.45. The number of carbonyl (C=O) groups is 1. The molecule has 4 nitrogen and oxygen atoms in total. The van der Waals surface area contributed by atoms with Gasteiger partial charge in [0.25, 0.3) is 0 Å². The molecule has 2 N–H and O–H groups in total. The highest BCUT2D eigenvalue weighted by molar-refractivity contribution is 5.92. The zero-order chi connectivity index (χ0) is 17.9. The van der Waals surface area contributed by atoms with Gasteiger partial charge in [-0.05, 0) is 62.8 Å². The minimum atomic E-state index is 0. The summed E-state index contributed by atoms with van der Waals surface area (Å²) in [5, 5.41) is 6.69. The predicted molar refractivity (Wildman–Crippen MR) is 111 cm³/mol. The maximum Gasteiger partial charge on any atom is 0.224 e. The first kappa shape index (κ1) is 19.7. The Bertz CT molecular complexity index is 766. The third kappa shape index (κ3) is 5.02. The van der Waals surface area contributed by atoms with Gasteiger partial charge in [0, 0.05) is 18.5 Å². The Hall–Kier alpha value is -2.04. The Morgan fingerprint density at radius 2 is 1.74 bits per heavy atom. The van der Waals surface area contributed by atoms with Crippen molar-refractivity contribution in [2.24, 2.45) is 5.92 Å². The molecule has 144 valence electrons. The lowest BCUT2D eigenvalue weighted by Crippen LogP contribution is -2.39. The Kier molecular flexibility index (Phi) is 6.40. The van der Waals surface area contributed by atoms with Crippen LogP contribution in [0.1, 0.15) is 37.7 Å². The average Bonchev–Trinajstić information content (AvgIpc) is 2.97. The zero-order valence-electron chi connectivity index (χ0n) is 15.6. The number of hydrogen-bond donors (Lipinski definition) is 2. The van der Waals surface area contributed by atoms with Crippen molar-refractivity contribution in [3.8, 4) is 11.5 Å². The molecule has 0 aromatic heterocycles. The molecule has 2 aromatic carbocycles. The Labute approximate surface area is 167 Å². The van der Waals surface area contributed by atoms with Crippen LogP contribution in [0, 0.1) is 12.8 Å². The third-order valence-corrected chi connectivity index (χ3v) is 5.45. The van der Waals surface area contributed by atoms with Gasteiger partial charge in [-0.2, -0.15) is 0 Å². The first-order valence-electron chi connectivity index (χ1n) is 9.55. The number of fused-ring (bicyclic) bond motifs is 2. The molecule has 1 amide bonds. The quantitative estimate of drug-likeness (QED) is 0.754. The van der Waals surface area contributed by atoms with E-state index in [9.17, 15) is 4.79 Å². The van der Waals surface area contributed by atoms with E-state index in [0.717, 1.165) is 24.3 Å². The SMILES string of the molecule is Cc1ccc(Oc2ccccc2NC(=O)CC2CC3CCC(C2)N3)cc1.Cl. The van der Waals surface area contributed by atoms with Crippen LogP contribution >= 0.6 is 12.4 Å². The smallest absolute Gasteiger partial charge is 0.224 e. The number of hydrogen-bond acceptors (Lipinski definition) is 3. The highest BCUT2D eigenvalue weighted by atomic mass is 35.5. The van der Waals surface area contributed by atoms with Crippen molar-refractivity contribution in [3.05, 3.63) is 54.1 Å². The van der Waals surface area contributed by atoms with Crippen LogP contribution in [0.15, 0.2) is 48.5 Å². The molecule has 2 aliphatic heterocycles. The molecule has 0 saturated carbocycles. The number of benzene rings is 2. The van der Waals surface area contributed by atoms with Gasteiger partial charge in [-0.3, -0.25) is 4.79 Å². The summed E-state index contributed by atoms with van der Waals surface area (Å²) < 4.78 is 5.97. The summed E-state index contributed by atoms with van der Waals surface area (Å²) >= 11 is 0. The largest absolute Gasteiger partial charge is 0.455 e. The first-order valence-corrected chi connectivity index (χ1v) is 9.55. The van der Waals surface area contributed by atoms with Crippen molar-refractivity contribution >= 4 is 24.0 Å². The van der Waals surface area contributed by atoms with Crippen molar-refractivity contribution in [2.75, 3.05) is 5.32 Å². The molecule has 27 heavy (non-hydrogen) atoms. The molecule has 5 heteroatoms. The molecular weight excluding hydrogens is 360 g/mol. The minimum absolute atomic E-state index is 0. The van der Waals surface area contributed by atoms with Gasteiger partial charge >= 0.3 is 0 Å². The van der Waals surface area contributed by atoms with E-state index in [1.165, 1.54) is 18.4 Å². The molecule has 2 bridgehead atoms. The Balaban J connectivity index is 0.00000210. The minimum Gasteiger partial charge on any atom is -0.455 e. The lowest BCUT2D eigenvalue weighted by molar-refractivity contribution is -0.117. The van der Waals surface area contributed by atoms with Crippen molar-refractivity contribution in [2.45, 2.75) is 51.1 Å². The maximum absolute atomic E-state index is 12.6. The lowest BCUT2D eigenvalue weighted by Gasteiger charge is -2.28. The monoisotopic (exact) mass is 386 g/mol. The average molecular weight is 387 g/mol. The van der Waals surface area contributed by atoms with E-state index >= 15 is 0 Å². The number of piperidine rings is 1. The van der Waals surface area contributed by atoms with Gasteiger partial charge in [-0.25, -0.2) is 0 Å². The van der Waals surface area contributed by atoms with E-state index in [-0.39, 0.29) is 18.3 Å². The van der Waals surface area contributed by atoms with Gasteiger partial charge in [-0.1, -0.05) is 29.8 Å². The molecule has 0 radical (unpaired) electrons. The number of para-hydroxylation sites is 2. The maximum atomic E-state index is 12.6. The van der Waals surface area contributed by atoms with Crippen LogP contribution in [0.3, 0.4) is 0 Å². The molecule has 0 spiro atoms. The molecule has 2 saturated heterocycles. The molecule has 2 unspecified atom stereocenters. The summed E-state index contributed by atoms with van der Waals surface area (Å²) in [4.78, 5) is 12.6. The molecule has 4 rings (SSSR count). The van der Waals surface area contributed by atoms with Crippen LogP contribution in [0.5, 0.6) is 11.5 Å². The first-order chi connectivity index (χ1) is 12.7. The van der Waals surface area contributed by atoms with Gasteiger partial charge in [0.2, 0.25) is 5.91 Å². The summed E-state index contributed by atoms with van der Waals surface area (Å²) in [6.07, 6.45) is 5.34. The van der Waals surface area contributed by atoms with Gasteiger partial charge in [0.1, 0.15) is 5.75 Å². The van der Waals surface area contributed by atoms with Crippen LogP contribution in [0.25, 0.3) is 0 Å². The van der Waals surface area contributed by atoms with Gasteiger partial charge in [0.15, 0.2) is 5.75 Å². The Morgan fingerprint density at radius 1 is 1.07 bits per heavy atom. The number of carbonyl (C=O) groups excluding carboxylic acids is 1. The highest BCUT2D eigenvalue weighted by Crippen LogP contribution is 2.34. The summed E-state index contributed by atoms with van der Waals surface area (Å²) in [5.74, 6) is 2.01. The van der Waals surface area contributed by atoms with Crippen molar-refractivity contribution in [1.29, 1.82) is 0 Å². The lowest BCUT2D eigenvalue weighted by atomic mass is 9.89. The zero-order valence-corrected chi connectivity index (χ0v) is 16.4. The fraction of sp³-hybridized carbons (Fsp3) is 0.409. The molecule has 2 aromatic rings. The van der Waals surface area contributed by atoms with Gasteiger partial charge < -0.3 is 15.4 Å². The molecular formula is C22H27ClN2O2. The number of halogens is 1. The second-order valence-corrected chi connectivity index (χ2v) is 7.64. The van der Waals surface area contributed by atoms with Crippen LogP contribution in [-0.4, -0.2) is 18.0 Å². The number of aryl methyl sites for hydroxylation is 1. The molecule has 2 aliphatic rings. The predicted octanol–water partition coefficient (Wildman–Crippen LogP) is 5.07. The molecule has 2 atom stereocenters. The van der Waals surface area contributed by atoms with E-state index in [4.69, 9.17) is 4.74 Å². The van der Waals surface area contributed by atoms with E-state index < -0.39 is 0 Å². The second-order valence-electron chi connectivity index (χ2n) is 7.64. The molecule has 2 fully saturated rings. The Morgan fingerprint density at radius 3 is 2.44 bits per heavy atom. The van der Waals surface area contributed by atoms with Gasteiger partial charge in [-0.15, -0.1) is 12.4 Å². The topological polar surface area (TPSA) is 50.4 Å². The number of amides is 1. The molecule has 2 heterocycles. The molecule has 0 aliphatic carbocycles. The van der Waals surface area contributed by atoms with Crippen LogP contribution < -0.4 is 15.4 Å². The van der Waals surface area contributed by atoms with E-state index in [0.29, 0.717) is 30.2 Å².